The van der Waals surface area contributed by atoms with Gasteiger partial charge in [0.25, 0.3) is 0 Å². The fraction of sp³-hybridized carbons (Fsp3) is 0.700. The van der Waals surface area contributed by atoms with E-state index < -0.39 is 6.10 Å². The minimum absolute atomic E-state index is 0.193. The van der Waals surface area contributed by atoms with Gasteiger partial charge >= 0.3 is 6.03 Å². The summed E-state index contributed by atoms with van der Waals surface area (Å²) in [5, 5.41) is 18.6. The van der Waals surface area contributed by atoms with Crippen LogP contribution in [0.5, 0.6) is 0 Å². The van der Waals surface area contributed by atoms with Crippen molar-refractivity contribution in [1.82, 2.24) is 20.1 Å². The highest BCUT2D eigenvalue weighted by atomic mass is 16.3. The fourth-order valence-electron chi connectivity index (χ4n) is 1.22. The third-order valence-corrected chi connectivity index (χ3v) is 2.43. The molecule has 0 aliphatic rings. The summed E-state index contributed by atoms with van der Waals surface area (Å²) in [6.07, 6.45) is 1.49. The number of aliphatic hydroxyl groups is 1. The van der Waals surface area contributed by atoms with Crippen LogP contribution < -0.4 is 10.6 Å². The van der Waals surface area contributed by atoms with Crippen LogP contribution in [0.3, 0.4) is 0 Å². The number of nitrogens with one attached hydrogen (secondary N) is 2. The first-order chi connectivity index (χ1) is 8.00. The zero-order valence-corrected chi connectivity index (χ0v) is 10.3. The van der Waals surface area contributed by atoms with Crippen LogP contribution in [0, 0.1) is 5.92 Å². The Hall–Kier alpha value is -1.63. The second kappa shape index (κ2) is 6.19. The normalized spacial score (nSPS) is 12.5. The molecule has 1 aromatic heterocycles. The molecule has 0 aliphatic carbocycles. The first kappa shape index (κ1) is 13.4. The number of carbonyl (C=O) groups excluding carboxylic acids is 1. The van der Waals surface area contributed by atoms with Crippen LogP contribution in [-0.4, -0.2) is 38.6 Å². The second-order valence-electron chi connectivity index (χ2n) is 4.19. The maximum atomic E-state index is 11.4. The second-order valence-corrected chi connectivity index (χ2v) is 4.19. The molecule has 0 aromatic carbocycles. The van der Waals surface area contributed by atoms with Crippen LogP contribution in [0.4, 0.5) is 10.7 Å². The molecule has 1 atom stereocenters. The summed E-state index contributed by atoms with van der Waals surface area (Å²) in [6.45, 7) is 4.29. The summed E-state index contributed by atoms with van der Waals surface area (Å²) in [7, 11) is 1.69. The molecule has 0 saturated heterocycles. The van der Waals surface area contributed by atoms with E-state index in [1.165, 1.54) is 11.0 Å². The molecule has 0 radical (unpaired) electrons. The number of carbonyl (C=O) groups is 1. The first-order valence-electron chi connectivity index (χ1n) is 5.57. The lowest BCUT2D eigenvalue weighted by molar-refractivity contribution is 0.117. The van der Waals surface area contributed by atoms with E-state index in [1.807, 2.05) is 13.8 Å². The topological polar surface area (TPSA) is 92.1 Å². The maximum Gasteiger partial charge on any atom is 0.321 e. The molecule has 7 heteroatoms. The maximum absolute atomic E-state index is 11.4. The number of aliphatic hydroxyl groups excluding tert-OH is 1. The number of anilines is 1. The van der Waals surface area contributed by atoms with E-state index >= 15 is 0 Å². The highest BCUT2D eigenvalue weighted by Gasteiger charge is 2.10. The van der Waals surface area contributed by atoms with Crippen molar-refractivity contribution in [2.75, 3.05) is 11.9 Å². The predicted octanol–water partition coefficient (Wildman–Crippen LogP) is 0.344. The molecular weight excluding hydrogens is 222 g/mol. The van der Waals surface area contributed by atoms with Crippen LogP contribution in [0.25, 0.3) is 0 Å². The summed E-state index contributed by atoms with van der Waals surface area (Å²) < 4.78 is 1.46. The molecule has 96 valence electrons. The van der Waals surface area contributed by atoms with E-state index in [4.69, 9.17) is 0 Å². The van der Waals surface area contributed by atoms with Gasteiger partial charge in [-0.1, -0.05) is 13.8 Å². The average molecular weight is 241 g/mol. The predicted molar refractivity (Wildman–Crippen MR) is 63.5 cm³/mol. The van der Waals surface area contributed by atoms with Gasteiger partial charge in [0.1, 0.15) is 6.33 Å². The summed E-state index contributed by atoms with van der Waals surface area (Å²) >= 11 is 0. The molecule has 1 unspecified atom stereocenters. The third-order valence-electron chi connectivity index (χ3n) is 2.43. The Morgan fingerprint density at radius 3 is 2.82 bits per heavy atom. The molecule has 0 bridgehead atoms. The van der Waals surface area contributed by atoms with Crippen LogP contribution >= 0.6 is 0 Å². The van der Waals surface area contributed by atoms with Crippen LogP contribution in [0.2, 0.25) is 0 Å². The van der Waals surface area contributed by atoms with Crippen molar-refractivity contribution in [3.05, 3.63) is 6.33 Å². The molecule has 1 rings (SSSR count). The van der Waals surface area contributed by atoms with Gasteiger partial charge in [-0.15, -0.1) is 0 Å². The van der Waals surface area contributed by atoms with Crippen molar-refractivity contribution in [1.29, 1.82) is 0 Å². The standard InChI is InChI=1S/C10H19N5O2/c1-7(2)8(16)4-5-11-10(17)14-9-12-6-13-15(9)3/h6-8,16H,4-5H2,1-3H3,(H2,11,12,13,14,17). The van der Waals surface area contributed by atoms with E-state index in [9.17, 15) is 9.90 Å². The van der Waals surface area contributed by atoms with Crippen LogP contribution in [0.15, 0.2) is 6.33 Å². The molecule has 2 amide bonds. The molecule has 1 heterocycles. The largest absolute Gasteiger partial charge is 0.393 e. The quantitative estimate of drug-likeness (QED) is 0.693. The summed E-state index contributed by atoms with van der Waals surface area (Å²) in [5.74, 6) is 0.575. The Bertz CT molecular complexity index is 363. The molecule has 1 aromatic rings. The number of hydrogen-bond donors (Lipinski definition) is 3. The van der Waals surface area contributed by atoms with E-state index in [2.05, 4.69) is 20.7 Å². The van der Waals surface area contributed by atoms with Gasteiger partial charge < -0.3 is 10.4 Å². The van der Waals surface area contributed by atoms with Crippen molar-refractivity contribution in [3.8, 4) is 0 Å². The van der Waals surface area contributed by atoms with Crippen molar-refractivity contribution < 1.29 is 9.90 Å². The Kier molecular flexibility index (Phi) is 4.89. The SMILES string of the molecule is CC(C)C(O)CCNC(=O)Nc1ncnn1C. The highest BCUT2D eigenvalue weighted by molar-refractivity contribution is 5.87. The third kappa shape index (κ3) is 4.39. The molecule has 0 fully saturated rings. The number of aryl methyl sites for hydroxylation is 1. The van der Waals surface area contributed by atoms with E-state index in [1.54, 1.807) is 7.05 Å². The summed E-state index contributed by atoms with van der Waals surface area (Å²) in [4.78, 5) is 15.3. The van der Waals surface area contributed by atoms with Gasteiger partial charge in [-0.2, -0.15) is 10.1 Å². The van der Waals surface area contributed by atoms with E-state index in [0.717, 1.165) is 0 Å². The first-order valence-corrected chi connectivity index (χ1v) is 5.57. The average Bonchev–Trinajstić information content (AvgIpc) is 2.64. The van der Waals surface area contributed by atoms with Crippen molar-refractivity contribution in [3.63, 3.8) is 0 Å². The van der Waals surface area contributed by atoms with Gasteiger partial charge in [-0.05, 0) is 12.3 Å². The Morgan fingerprint density at radius 1 is 1.59 bits per heavy atom. The van der Waals surface area contributed by atoms with Crippen LogP contribution in [0.1, 0.15) is 20.3 Å². The van der Waals surface area contributed by atoms with Gasteiger partial charge in [-0.3, -0.25) is 5.32 Å². The minimum Gasteiger partial charge on any atom is -0.393 e. The van der Waals surface area contributed by atoms with E-state index in [0.29, 0.717) is 18.9 Å². The number of urea groups is 1. The molecule has 7 nitrogen and oxygen atoms in total. The van der Waals surface area contributed by atoms with Crippen molar-refractivity contribution in [2.24, 2.45) is 13.0 Å². The van der Waals surface area contributed by atoms with Crippen molar-refractivity contribution in [2.45, 2.75) is 26.4 Å². The highest BCUT2D eigenvalue weighted by Crippen LogP contribution is 2.04. The Morgan fingerprint density at radius 2 is 2.29 bits per heavy atom. The zero-order chi connectivity index (χ0) is 12.8. The number of nitrogens with zero attached hydrogens (tertiary/aromatic N) is 3. The van der Waals surface area contributed by atoms with Gasteiger partial charge in [-0.25, -0.2) is 9.48 Å². The number of rotatable bonds is 5. The lowest BCUT2D eigenvalue weighted by Gasteiger charge is -2.14. The lowest BCUT2D eigenvalue weighted by Crippen LogP contribution is -2.33. The van der Waals surface area contributed by atoms with Gasteiger partial charge in [0.2, 0.25) is 5.95 Å². The fourth-order valence-corrected chi connectivity index (χ4v) is 1.22. The van der Waals surface area contributed by atoms with Crippen LogP contribution in [-0.2, 0) is 7.05 Å². The van der Waals surface area contributed by atoms with E-state index in [-0.39, 0.29) is 11.9 Å². The molecule has 0 aliphatic heterocycles. The number of amides is 2. The Labute approximate surface area is 100 Å². The molecule has 0 spiro atoms. The van der Waals surface area contributed by atoms with Gasteiger partial charge in [0.05, 0.1) is 6.10 Å². The zero-order valence-electron chi connectivity index (χ0n) is 10.3. The van der Waals surface area contributed by atoms with Gasteiger partial charge in [0, 0.05) is 13.6 Å². The summed E-state index contributed by atoms with van der Waals surface area (Å²) in [6, 6.07) is -0.350. The minimum atomic E-state index is -0.398. The number of hydrogen-bond acceptors (Lipinski definition) is 4. The molecule has 3 N–H and O–H groups in total. The Balaban J connectivity index is 2.25. The molecule has 0 saturated carbocycles. The lowest BCUT2D eigenvalue weighted by atomic mass is 10.0. The smallest absolute Gasteiger partial charge is 0.321 e. The number of aromatic nitrogens is 3. The molecule has 17 heavy (non-hydrogen) atoms. The monoisotopic (exact) mass is 241 g/mol. The van der Waals surface area contributed by atoms with Crippen molar-refractivity contribution >= 4 is 12.0 Å². The molecular formula is C10H19N5O2. The summed E-state index contributed by atoms with van der Waals surface area (Å²) in [5.41, 5.74) is 0. The van der Waals surface area contributed by atoms with Gasteiger partial charge in [0.15, 0.2) is 0 Å².